The van der Waals surface area contributed by atoms with E-state index in [1.54, 1.807) is 0 Å². The Kier molecular flexibility index (Phi) is 2.94. The molecule has 0 spiro atoms. The van der Waals surface area contributed by atoms with Gasteiger partial charge in [0.1, 0.15) is 0 Å². The third-order valence-corrected chi connectivity index (χ3v) is 2.95. The molecule has 1 rings (SSSR count). The van der Waals surface area contributed by atoms with Crippen LogP contribution in [-0.2, 0) is 0 Å². The van der Waals surface area contributed by atoms with Gasteiger partial charge >= 0.3 is 0 Å². The molecular weight excluding hydrogens is 136 g/mol. The number of rotatable bonds is 1. The highest BCUT2D eigenvalue weighted by molar-refractivity contribution is 4.75. The molecule has 1 aliphatic carbocycles. The van der Waals surface area contributed by atoms with Crippen molar-refractivity contribution in [1.29, 1.82) is 0 Å². The first-order chi connectivity index (χ1) is 5.14. The summed E-state index contributed by atoms with van der Waals surface area (Å²) in [6.45, 7) is 5.08. The van der Waals surface area contributed by atoms with Gasteiger partial charge in [0.05, 0.1) is 0 Å². The van der Waals surface area contributed by atoms with Crippen LogP contribution in [0.5, 0.6) is 0 Å². The minimum absolute atomic E-state index is 0.399. The molecule has 1 saturated carbocycles. The summed E-state index contributed by atoms with van der Waals surface area (Å²) in [5, 5.41) is 8.99. The topological polar surface area (TPSA) is 20.2 Å². The Morgan fingerprint density at radius 1 is 1.27 bits per heavy atom. The maximum atomic E-state index is 8.99. The molecule has 1 aliphatic rings. The third kappa shape index (κ3) is 2.82. The molecule has 1 fully saturated rings. The summed E-state index contributed by atoms with van der Waals surface area (Å²) in [5.41, 5.74) is 0.532. The van der Waals surface area contributed by atoms with Gasteiger partial charge in [-0.25, -0.2) is 0 Å². The Hall–Kier alpha value is -0.0400. The van der Waals surface area contributed by atoms with Crippen LogP contribution in [-0.4, -0.2) is 11.7 Å². The van der Waals surface area contributed by atoms with Crippen LogP contribution in [0.15, 0.2) is 0 Å². The molecule has 66 valence electrons. The molecule has 1 N–H and O–H groups in total. The van der Waals surface area contributed by atoms with Crippen molar-refractivity contribution in [3.63, 3.8) is 0 Å². The predicted octanol–water partition coefficient (Wildman–Crippen LogP) is 2.59. The quantitative estimate of drug-likeness (QED) is 0.578. The van der Waals surface area contributed by atoms with Gasteiger partial charge in [-0.05, 0) is 37.0 Å². The van der Waals surface area contributed by atoms with Gasteiger partial charge in [-0.15, -0.1) is 0 Å². The fraction of sp³-hybridized carbons (Fsp3) is 1.00. The number of aliphatic hydroxyl groups is 1. The van der Waals surface area contributed by atoms with Crippen molar-refractivity contribution in [1.82, 2.24) is 0 Å². The minimum atomic E-state index is 0.399. The summed E-state index contributed by atoms with van der Waals surface area (Å²) < 4.78 is 0. The van der Waals surface area contributed by atoms with Crippen molar-refractivity contribution in [3.05, 3.63) is 0 Å². The Balaban J connectivity index is 2.39. The van der Waals surface area contributed by atoms with Gasteiger partial charge in [0.2, 0.25) is 0 Å². The number of aliphatic hydroxyl groups excluding tert-OH is 1. The summed E-state index contributed by atoms with van der Waals surface area (Å²) in [4.78, 5) is 0. The van der Waals surface area contributed by atoms with Gasteiger partial charge in [-0.1, -0.05) is 20.3 Å². The van der Waals surface area contributed by atoms with E-state index in [1.807, 2.05) is 0 Å². The highest BCUT2D eigenvalue weighted by atomic mass is 16.3. The number of hydrogen-bond acceptors (Lipinski definition) is 1. The van der Waals surface area contributed by atoms with Crippen molar-refractivity contribution in [2.45, 2.75) is 46.0 Å². The first-order valence-electron chi connectivity index (χ1n) is 4.75. The van der Waals surface area contributed by atoms with Crippen LogP contribution in [0.4, 0.5) is 0 Å². The van der Waals surface area contributed by atoms with Crippen molar-refractivity contribution in [2.24, 2.45) is 11.3 Å². The molecule has 1 atom stereocenters. The Morgan fingerprint density at radius 3 is 2.64 bits per heavy atom. The Labute approximate surface area is 69.8 Å². The molecule has 11 heavy (non-hydrogen) atoms. The van der Waals surface area contributed by atoms with Crippen LogP contribution in [0.3, 0.4) is 0 Å². The van der Waals surface area contributed by atoms with E-state index >= 15 is 0 Å². The molecule has 0 amide bonds. The first-order valence-corrected chi connectivity index (χ1v) is 4.75. The van der Waals surface area contributed by atoms with Crippen LogP contribution in [0.25, 0.3) is 0 Å². The molecule has 0 aliphatic heterocycles. The third-order valence-electron chi connectivity index (χ3n) is 2.95. The lowest BCUT2D eigenvalue weighted by Gasteiger charge is -2.21. The molecule has 0 aromatic rings. The fourth-order valence-corrected chi connectivity index (χ4v) is 1.92. The normalized spacial score (nSPS) is 31.4. The molecule has 0 bridgehead atoms. The summed E-state index contributed by atoms with van der Waals surface area (Å²) in [6.07, 6.45) is 6.39. The van der Waals surface area contributed by atoms with E-state index in [0.717, 1.165) is 0 Å². The largest absolute Gasteiger partial charge is 0.396 e. The van der Waals surface area contributed by atoms with Crippen LogP contribution < -0.4 is 0 Å². The molecule has 0 aromatic carbocycles. The maximum Gasteiger partial charge on any atom is 0.0459 e. The van der Waals surface area contributed by atoms with Crippen molar-refractivity contribution < 1.29 is 5.11 Å². The Bertz CT molecular complexity index is 118. The lowest BCUT2D eigenvalue weighted by atomic mass is 9.85. The standard InChI is InChI=1S/C10H20O/c1-10(2)6-3-4-9(8-11)5-7-10/h9,11H,3-8H2,1-2H3. The van der Waals surface area contributed by atoms with E-state index in [9.17, 15) is 0 Å². The van der Waals surface area contributed by atoms with Crippen LogP contribution >= 0.6 is 0 Å². The first kappa shape index (κ1) is 9.05. The SMILES string of the molecule is CC1(C)CCCC(CO)CC1. The van der Waals surface area contributed by atoms with E-state index in [4.69, 9.17) is 5.11 Å². The zero-order valence-corrected chi connectivity index (χ0v) is 7.77. The van der Waals surface area contributed by atoms with Gasteiger partial charge in [0.15, 0.2) is 0 Å². The molecule has 1 heteroatoms. The molecular formula is C10H20O. The van der Waals surface area contributed by atoms with Gasteiger partial charge in [0.25, 0.3) is 0 Å². The van der Waals surface area contributed by atoms with E-state index in [-0.39, 0.29) is 0 Å². The molecule has 1 nitrogen and oxygen atoms in total. The molecule has 1 unspecified atom stereocenters. The van der Waals surface area contributed by atoms with Crippen LogP contribution in [0, 0.1) is 11.3 Å². The Morgan fingerprint density at radius 2 is 2.00 bits per heavy atom. The van der Waals surface area contributed by atoms with Gasteiger partial charge in [0, 0.05) is 6.61 Å². The second kappa shape index (κ2) is 3.57. The lowest BCUT2D eigenvalue weighted by Crippen LogP contribution is -2.09. The second-order valence-electron chi connectivity index (χ2n) is 4.64. The maximum absolute atomic E-state index is 8.99. The summed E-state index contributed by atoms with van der Waals surface area (Å²) in [6, 6.07) is 0. The van der Waals surface area contributed by atoms with Crippen LogP contribution in [0.1, 0.15) is 46.0 Å². The zero-order chi connectivity index (χ0) is 8.32. The zero-order valence-electron chi connectivity index (χ0n) is 7.77. The highest BCUT2D eigenvalue weighted by Gasteiger charge is 2.23. The fourth-order valence-electron chi connectivity index (χ4n) is 1.92. The summed E-state index contributed by atoms with van der Waals surface area (Å²) >= 11 is 0. The van der Waals surface area contributed by atoms with Gasteiger partial charge in [-0.2, -0.15) is 0 Å². The van der Waals surface area contributed by atoms with E-state index in [2.05, 4.69) is 13.8 Å². The average molecular weight is 156 g/mol. The number of hydrogen-bond donors (Lipinski definition) is 1. The van der Waals surface area contributed by atoms with E-state index < -0.39 is 0 Å². The summed E-state index contributed by atoms with van der Waals surface area (Å²) in [5.74, 6) is 0.594. The minimum Gasteiger partial charge on any atom is -0.396 e. The molecule has 0 radical (unpaired) electrons. The van der Waals surface area contributed by atoms with Crippen molar-refractivity contribution in [2.75, 3.05) is 6.61 Å². The second-order valence-corrected chi connectivity index (χ2v) is 4.64. The molecule has 0 heterocycles. The predicted molar refractivity (Wildman–Crippen MR) is 47.4 cm³/mol. The van der Waals surface area contributed by atoms with Gasteiger partial charge < -0.3 is 5.11 Å². The van der Waals surface area contributed by atoms with Crippen molar-refractivity contribution in [3.8, 4) is 0 Å². The highest BCUT2D eigenvalue weighted by Crippen LogP contribution is 2.35. The lowest BCUT2D eigenvalue weighted by molar-refractivity contribution is 0.207. The van der Waals surface area contributed by atoms with E-state index in [1.165, 1.54) is 32.1 Å². The summed E-state index contributed by atoms with van der Waals surface area (Å²) in [7, 11) is 0. The molecule has 0 aromatic heterocycles. The van der Waals surface area contributed by atoms with Crippen molar-refractivity contribution >= 4 is 0 Å². The van der Waals surface area contributed by atoms with Gasteiger partial charge in [-0.3, -0.25) is 0 Å². The van der Waals surface area contributed by atoms with E-state index in [0.29, 0.717) is 17.9 Å². The smallest absolute Gasteiger partial charge is 0.0459 e. The molecule has 0 saturated heterocycles. The van der Waals surface area contributed by atoms with Crippen LogP contribution in [0.2, 0.25) is 0 Å². The average Bonchev–Trinajstić information content (AvgIpc) is 2.10. The monoisotopic (exact) mass is 156 g/mol.